The van der Waals surface area contributed by atoms with Gasteiger partial charge in [-0.25, -0.2) is 0 Å². The van der Waals surface area contributed by atoms with E-state index < -0.39 is 0 Å². The van der Waals surface area contributed by atoms with Gasteiger partial charge in [-0.15, -0.1) is 0 Å². The molecule has 0 aliphatic carbocycles. The molecule has 1 aliphatic heterocycles. The average Bonchev–Trinajstić information content (AvgIpc) is 2.96. The lowest BCUT2D eigenvalue weighted by Gasteiger charge is -2.33. The van der Waals surface area contributed by atoms with Crippen LogP contribution < -0.4 is 0 Å². The minimum atomic E-state index is 0.448. The molecule has 0 radical (unpaired) electrons. The van der Waals surface area contributed by atoms with Gasteiger partial charge in [0.2, 0.25) is 0 Å². The van der Waals surface area contributed by atoms with E-state index >= 15 is 0 Å². The Balaban J connectivity index is 1.92. The zero-order valence-corrected chi connectivity index (χ0v) is 11.5. The first-order valence-electron chi connectivity index (χ1n) is 7.05. The van der Waals surface area contributed by atoms with Crippen LogP contribution in [0.3, 0.4) is 0 Å². The lowest BCUT2D eigenvalue weighted by molar-refractivity contribution is 0.296. The summed E-state index contributed by atoms with van der Waals surface area (Å²) in [6.45, 7) is 2.07. The normalized spacial score (nSPS) is 19.1. The van der Waals surface area contributed by atoms with Gasteiger partial charge in [-0.2, -0.15) is 0 Å². The third-order valence-electron chi connectivity index (χ3n) is 4.28. The summed E-state index contributed by atoms with van der Waals surface area (Å²) < 4.78 is 5.54. The first kappa shape index (κ1) is 11.7. The van der Waals surface area contributed by atoms with Crippen molar-refractivity contribution in [3.05, 3.63) is 71.5 Å². The number of likely N-dealkylation sites (N-methyl/N-ethyl adjacent to an activating group) is 1. The van der Waals surface area contributed by atoms with Crippen LogP contribution in [0.25, 0.3) is 11.0 Å². The molecule has 1 aliphatic rings. The number of hydrogen-bond donors (Lipinski definition) is 0. The molecule has 100 valence electrons. The number of rotatable bonds is 1. The zero-order chi connectivity index (χ0) is 13.5. The summed E-state index contributed by atoms with van der Waals surface area (Å²) in [5.41, 5.74) is 5.25. The van der Waals surface area contributed by atoms with Crippen molar-refractivity contribution in [2.45, 2.75) is 12.5 Å². The van der Waals surface area contributed by atoms with Crippen molar-refractivity contribution >= 4 is 11.0 Å². The van der Waals surface area contributed by atoms with E-state index in [1.807, 2.05) is 0 Å². The first-order valence-corrected chi connectivity index (χ1v) is 7.05. The fourth-order valence-corrected chi connectivity index (χ4v) is 3.34. The fourth-order valence-electron chi connectivity index (χ4n) is 3.34. The number of nitrogens with zero attached hydrogens (tertiary/aromatic N) is 1. The van der Waals surface area contributed by atoms with Gasteiger partial charge >= 0.3 is 0 Å². The maximum atomic E-state index is 5.54. The standard InChI is InChI=1S/C18H17NO/c1-19-11-16(13-5-3-2-4-6-13)14-7-8-18-15(9-10-20-18)17(14)12-19/h2-10,16H,11-12H2,1H3. The van der Waals surface area contributed by atoms with E-state index in [1.165, 1.54) is 22.1 Å². The van der Waals surface area contributed by atoms with Crippen molar-refractivity contribution in [2.24, 2.45) is 0 Å². The molecule has 1 atom stereocenters. The number of hydrogen-bond acceptors (Lipinski definition) is 2. The van der Waals surface area contributed by atoms with Gasteiger partial charge in [0.05, 0.1) is 6.26 Å². The summed E-state index contributed by atoms with van der Waals surface area (Å²) in [5, 5.41) is 1.26. The van der Waals surface area contributed by atoms with Gasteiger partial charge in [-0.3, -0.25) is 0 Å². The van der Waals surface area contributed by atoms with Gasteiger partial charge in [-0.05, 0) is 35.9 Å². The number of furan rings is 1. The molecule has 2 heteroatoms. The number of fused-ring (bicyclic) bond motifs is 3. The molecule has 0 amide bonds. The van der Waals surface area contributed by atoms with Crippen LogP contribution >= 0.6 is 0 Å². The predicted molar refractivity (Wildman–Crippen MR) is 80.8 cm³/mol. The van der Waals surface area contributed by atoms with Gasteiger partial charge in [0.25, 0.3) is 0 Å². The topological polar surface area (TPSA) is 16.4 Å². The fraction of sp³-hybridized carbons (Fsp3) is 0.222. The van der Waals surface area contributed by atoms with E-state index in [2.05, 4.69) is 60.5 Å². The van der Waals surface area contributed by atoms with E-state index in [0.29, 0.717) is 5.92 Å². The van der Waals surface area contributed by atoms with Crippen LogP contribution in [0.2, 0.25) is 0 Å². The summed E-state index contributed by atoms with van der Waals surface area (Å²) in [4.78, 5) is 2.40. The summed E-state index contributed by atoms with van der Waals surface area (Å²) in [5.74, 6) is 0.448. The van der Waals surface area contributed by atoms with Crippen molar-refractivity contribution in [2.75, 3.05) is 13.6 Å². The van der Waals surface area contributed by atoms with E-state index in [4.69, 9.17) is 4.42 Å². The lowest BCUT2D eigenvalue weighted by Crippen LogP contribution is -2.31. The SMILES string of the molecule is CN1Cc2c(ccc3occc23)C(c2ccccc2)C1. The van der Waals surface area contributed by atoms with Crippen molar-refractivity contribution in [1.29, 1.82) is 0 Å². The second-order valence-electron chi connectivity index (χ2n) is 5.63. The predicted octanol–water partition coefficient (Wildman–Crippen LogP) is 4.01. The molecule has 2 aromatic carbocycles. The Morgan fingerprint density at radius 3 is 2.75 bits per heavy atom. The molecular weight excluding hydrogens is 246 g/mol. The Morgan fingerprint density at radius 1 is 1.05 bits per heavy atom. The molecular formula is C18H17NO. The summed E-state index contributed by atoms with van der Waals surface area (Å²) >= 11 is 0. The molecule has 1 aromatic heterocycles. The second kappa shape index (κ2) is 4.50. The van der Waals surface area contributed by atoms with Crippen LogP contribution in [-0.2, 0) is 6.54 Å². The Morgan fingerprint density at radius 2 is 1.90 bits per heavy atom. The molecule has 4 rings (SSSR count). The smallest absolute Gasteiger partial charge is 0.134 e. The monoisotopic (exact) mass is 263 g/mol. The van der Waals surface area contributed by atoms with Crippen LogP contribution in [0.4, 0.5) is 0 Å². The molecule has 0 spiro atoms. The number of benzene rings is 2. The van der Waals surface area contributed by atoms with E-state index in [1.54, 1.807) is 6.26 Å². The lowest BCUT2D eigenvalue weighted by atomic mass is 9.84. The largest absolute Gasteiger partial charge is 0.464 e. The van der Waals surface area contributed by atoms with E-state index in [-0.39, 0.29) is 0 Å². The third-order valence-corrected chi connectivity index (χ3v) is 4.28. The Hall–Kier alpha value is -2.06. The van der Waals surface area contributed by atoms with E-state index in [0.717, 1.165) is 18.7 Å². The van der Waals surface area contributed by atoms with E-state index in [9.17, 15) is 0 Å². The van der Waals surface area contributed by atoms with Crippen molar-refractivity contribution in [3.63, 3.8) is 0 Å². The van der Waals surface area contributed by atoms with Crippen LogP contribution in [0.15, 0.2) is 59.2 Å². The molecule has 0 bridgehead atoms. The van der Waals surface area contributed by atoms with Gasteiger partial charge in [0.1, 0.15) is 5.58 Å². The van der Waals surface area contributed by atoms with Crippen LogP contribution in [0.5, 0.6) is 0 Å². The quantitative estimate of drug-likeness (QED) is 0.659. The minimum absolute atomic E-state index is 0.448. The summed E-state index contributed by atoms with van der Waals surface area (Å²) in [6, 6.07) is 17.2. The highest BCUT2D eigenvalue weighted by molar-refractivity contribution is 5.83. The molecule has 2 nitrogen and oxygen atoms in total. The van der Waals surface area contributed by atoms with Gasteiger partial charge in [0, 0.05) is 24.4 Å². The maximum Gasteiger partial charge on any atom is 0.134 e. The first-order chi connectivity index (χ1) is 9.83. The molecule has 0 saturated carbocycles. The minimum Gasteiger partial charge on any atom is -0.464 e. The Labute approximate surface area is 118 Å². The molecule has 0 saturated heterocycles. The van der Waals surface area contributed by atoms with Gasteiger partial charge in [0.15, 0.2) is 0 Å². The Kier molecular flexibility index (Phi) is 2.64. The second-order valence-corrected chi connectivity index (χ2v) is 5.63. The molecule has 3 aromatic rings. The highest BCUT2D eigenvalue weighted by Crippen LogP contribution is 2.36. The van der Waals surface area contributed by atoms with Crippen molar-refractivity contribution in [1.82, 2.24) is 4.90 Å². The van der Waals surface area contributed by atoms with Crippen LogP contribution in [-0.4, -0.2) is 18.5 Å². The van der Waals surface area contributed by atoms with Crippen molar-refractivity contribution < 1.29 is 4.42 Å². The van der Waals surface area contributed by atoms with Gasteiger partial charge < -0.3 is 9.32 Å². The third kappa shape index (κ3) is 1.76. The molecule has 0 N–H and O–H groups in total. The summed E-state index contributed by atoms with van der Waals surface area (Å²) in [6.07, 6.45) is 1.79. The molecule has 0 fully saturated rings. The van der Waals surface area contributed by atoms with Crippen LogP contribution in [0, 0.1) is 0 Å². The Bertz CT molecular complexity index is 744. The van der Waals surface area contributed by atoms with Crippen molar-refractivity contribution in [3.8, 4) is 0 Å². The molecule has 20 heavy (non-hydrogen) atoms. The summed E-state index contributed by atoms with van der Waals surface area (Å²) in [7, 11) is 2.19. The average molecular weight is 263 g/mol. The zero-order valence-electron chi connectivity index (χ0n) is 11.5. The highest BCUT2D eigenvalue weighted by atomic mass is 16.3. The highest BCUT2D eigenvalue weighted by Gasteiger charge is 2.26. The molecule has 1 unspecified atom stereocenters. The molecule has 2 heterocycles. The van der Waals surface area contributed by atoms with Gasteiger partial charge in [-0.1, -0.05) is 36.4 Å². The van der Waals surface area contributed by atoms with Crippen LogP contribution in [0.1, 0.15) is 22.6 Å². The maximum absolute atomic E-state index is 5.54.